The summed E-state index contributed by atoms with van der Waals surface area (Å²) in [5, 5.41) is 22.1. The largest absolute Gasteiger partial charge is 0.461 e. The van der Waals surface area contributed by atoms with Crippen LogP contribution in [0.2, 0.25) is 0 Å². The quantitative estimate of drug-likeness (QED) is 0.449. The Bertz CT molecular complexity index is 1080. The van der Waals surface area contributed by atoms with Gasteiger partial charge in [0.15, 0.2) is 10.9 Å². The zero-order valence-corrected chi connectivity index (χ0v) is 17.3. The first-order valence-corrected chi connectivity index (χ1v) is 11.1. The molecule has 0 aliphatic heterocycles. The summed E-state index contributed by atoms with van der Waals surface area (Å²) in [5.74, 6) is 1.20. The summed E-state index contributed by atoms with van der Waals surface area (Å²) in [4.78, 5) is 13.8. The predicted octanol–water partition coefficient (Wildman–Crippen LogP) is 4.27. The average molecular weight is 426 g/mol. The molecule has 0 atom stereocenters. The summed E-state index contributed by atoms with van der Waals surface area (Å²) in [6.07, 6.45) is 7.46. The number of nitrogens with one attached hydrogen (secondary N) is 1. The second-order valence-corrected chi connectivity index (χ2v) is 8.59. The van der Waals surface area contributed by atoms with E-state index < -0.39 is 0 Å². The van der Waals surface area contributed by atoms with Gasteiger partial charge in [-0.05, 0) is 43.4 Å². The van der Waals surface area contributed by atoms with E-state index in [0.717, 1.165) is 31.2 Å². The van der Waals surface area contributed by atoms with Gasteiger partial charge in [-0.1, -0.05) is 17.8 Å². The van der Waals surface area contributed by atoms with Crippen molar-refractivity contribution in [1.29, 1.82) is 5.26 Å². The number of carbonyl (C=O) groups excluding carboxylic acids is 1. The zero-order chi connectivity index (χ0) is 20.2. The normalized spacial score (nSPS) is 12.9. The monoisotopic (exact) mass is 425 g/mol. The third-order valence-corrected chi connectivity index (χ3v) is 6.81. The van der Waals surface area contributed by atoms with Crippen molar-refractivity contribution >= 4 is 34.0 Å². The van der Waals surface area contributed by atoms with E-state index in [1.165, 1.54) is 28.0 Å². The fourth-order valence-corrected chi connectivity index (χ4v) is 5.35. The van der Waals surface area contributed by atoms with Crippen LogP contribution in [0.4, 0.5) is 5.00 Å². The SMILES string of the molecule is C=CCn1c(SCC(=O)Nc2sc3c(c2C#N)CCCC3)nnc1-c1ccco1. The first-order chi connectivity index (χ1) is 14.2. The summed E-state index contributed by atoms with van der Waals surface area (Å²) in [5.41, 5.74) is 1.73. The van der Waals surface area contributed by atoms with Crippen LogP contribution in [-0.2, 0) is 24.2 Å². The molecular formula is C20H19N5O2S2. The van der Waals surface area contributed by atoms with Crippen molar-refractivity contribution in [3.05, 3.63) is 47.1 Å². The molecule has 29 heavy (non-hydrogen) atoms. The van der Waals surface area contributed by atoms with Gasteiger partial charge in [-0.2, -0.15) is 5.26 Å². The average Bonchev–Trinajstić information content (AvgIpc) is 3.45. The van der Waals surface area contributed by atoms with E-state index in [-0.39, 0.29) is 11.7 Å². The van der Waals surface area contributed by atoms with Crippen molar-refractivity contribution in [1.82, 2.24) is 14.8 Å². The van der Waals surface area contributed by atoms with Gasteiger partial charge in [0, 0.05) is 11.4 Å². The molecule has 0 fully saturated rings. The van der Waals surface area contributed by atoms with Crippen molar-refractivity contribution < 1.29 is 9.21 Å². The highest BCUT2D eigenvalue weighted by Crippen LogP contribution is 2.37. The summed E-state index contributed by atoms with van der Waals surface area (Å²) >= 11 is 2.82. The molecule has 0 unspecified atom stereocenters. The molecule has 9 heteroatoms. The first kappa shape index (κ1) is 19.5. The Morgan fingerprint density at radius 2 is 2.31 bits per heavy atom. The molecule has 3 aromatic rings. The number of thioether (sulfide) groups is 1. The first-order valence-electron chi connectivity index (χ1n) is 9.26. The van der Waals surface area contributed by atoms with Crippen LogP contribution in [0.25, 0.3) is 11.6 Å². The van der Waals surface area contributed by atoms with Gasteiger partial charge in [-0.25, -0.2) is 0 Å². The molecule has 3 aromatic heterocycles. The second-order valence-electron chi connectivity index (χ2n) is 6.55. The second kappa shape index (κ2) is 8.68. The molecule has 0 aromatic carbocycles. The van der Waals surface area contributed by atoms with Gasteiger partial charge >= 0.3 is 0 Å². The molecule has 0 bridgehead atoms. The van der Waals surface area contributed by atoms with Crippen molar-refractivity contribution in [3.8, 4) is 17.7 Å². The Kier molecular flexibility index (Phi) is 5.83. The van der Waals surface area contributed by atoms with Crippen LogP contribution in [0.1, 0.15) is 28.8 Å². The number of aryl methyl sites for hydroxylation is 1. The minimum Gasteiger partial charge on any atom is -0.461 e. The number of aromatic nitrogens is 3. The van der Waals surface area contributed by atoms with Crippen molar-refractivity contribution in [3.63, 3.8) is 0 Å². The van der Waals surface area contributed by atoms with Gasteiger partial charge in [0.05, 0.1) is 17.6 Å². The molecule has 0 radical (unpaired) electrons. The van der Waals surface area contributed by atoms with Crippen LogP contribution in [0.15, 0.2) is 40.6 Å². The van der Waals surface area contributed by atoms with Crippen LogP contribution in [0, 0.1) is 11.3 Å². The van der Waals surface area contributed by atoms with Gasteiger partial charge in [0.1, 0.15) is 11.1 Å². The molecule has 0 saturated heterocycles. The van der Waals surface area contributed by atoms with E-state index in [0.29, 0.717) is 33.9 Å². The molecule has 1 aliphatic rings. The molecule has 0 spiro atoms. The van der Waals surface area contributed by atoms with Gasteiger partial charge < -0.3 is 9.73 Å². The Morgan fingerprint density at radius 1 is 1.45 bits per heavy atom. The standard InChI is InChI=1S/C20H19N5O2S2/c1-2-9-25-18(15-7-5-10-27-15)23-24-20(25)28-12-17(26)22-19-14(11-21)13-6-3-4-8-16(13)29-19/h2,5,7,10H,1,3-4,6,8-9,12H2,(H,22,26). The minimum atomic E-state index is -0.169. The summed E-state index contributed by atoms with van der Waals surface area (Å²) < 4.78 is 7.27. The minimum absolute atomic E-state index is 0.168. The number of hydrogen-bond donors (Lipinski definition) is 1. The topological polar surface area (TPSA) is 96.7 Å². The Labute approximate surface area is 176 Å². The zero-order valence-electron chi connectivity index (χ0n) is 15.7. The lowest BCUT2D eigenvalue weighted by atomic mass is 9.96. The Hall–Kier alpha value is -2.83. The number of rotatable bonds is 7. The van der Waals surface area contributed by atoms with Gasteiger partial charge in [0.2, 0.25) is 11.7 Å². The number of thiophene rings is 1. The number of nitrogens with zero attached hydrogens (tertiary/aromatic N) is 4. The fourth-order valence-electron chi connectivity index (χ4n) is 3.34. The van der Waals surface area contributed by atoms with Crippen molar-refractivity contribution in [2.75, 3.05) is 11.1 Å². The van der Waals surface area contributed by atoms with E-state index in [2.05, 4.69) is 28.2 Å². The maximum absolute atomic E-state index is 12.5. The van der Waals surface area contributed by atoms with Gasteiger partial charge in [-0.3, -0.25) is 9.36 Å². The summed E-state index contributed by atoms with van der Waals surface area (Å²) in [6, 6.07) is 5.87. The number of amides is 1. The molecule has 1 amide bonds. The van der Waals surface area contributed by atoms with Crippen molar-refractivity contribution in [2.45, 2.75) is 37.4 Å². The highest BCUT2D eigenvalue weighted by atomic mass is 32.2. The third-order valence-electron chi connectivity index (χ3n) is 4.64. The molecular weight excluding hydrogens is 406 g/mol. The maximum atomic E-state index is 12.5. The number of furan rings is 1. The highest BCUT2D eigenvalue weighted by Gasteiger charge is 2.22. The molecule has 1 aliphatic carbocycles. The molecule has 0 saturated carbocycles. The van der Waals surface area contributed by atoms with Crippen LogP contribution in [0.3, 0.4) is 0 Å². The van der Waals surface area contributed by atoms with Gasteiger partial charge in [0.25, 0.3) is 0 Å². The summed E-state index contributed by atoms with van der Waals surface area (Å²) in [6.45, 7) is 4.28. The van der Waals surface area contributed by atoms with E-state index in [9.17, 15) is 10.1 Å². The molecule has 7 nitrogen and oxygen atoms in total. The fraction of sp³-hybridized carbons (Fsp3) is 0.300. The number of anilines is 1. The van der Waals surface area contributed by atoms with Gasteiger partial charge in [-0.15, -0.1) is 28.1 Å². The molecule has 1 N–H and O–H groups in total. The third kappa shape index (κ3) is 3.99. The smallest absolute Gasteiger partial charge is 0.235 e. The highest BCUT2D eigenvalue weighted by molar-refractivity contribution is 7.99. The number of hydrogen-bond acceptors (Lipinski definition) is 7. The van der Waals surface area contributed by atoms with Crippen LogP contribution in [-0.4, -0.2) is 26.4 Å². The van der Waals surface area contributed by atoms with E-state index in [4.69, 9.17) is 4.42 Å². The maximum Gasteiger partial charge on any atom is 0.235 e. The van der Waals surface area contributed by atoms with Crippen LogP contribution < -0.4 is 5.32 Å². The van der Waals surface area contributed by atoms with Crippen LogP contribution >= 0.6 is 23.1 Å². The lowest BCUT2D eigenvalue weighted by Gasteiger charge is -2.09. The van der Waals surface area contributed by atoms with Crippen molar-refractivity contribution in [2.24, 2.45) is 0 Å². The molecule has 148 valence electrons. The van der Waals surface area contributed by atoms with E-state index in [1.54, 1.807) is 18.4 Å². The lowest BCUT2D eigenvalue weighted by molar-refractivity contribution is -0.113. The lowest BCUT2D eigenvalue weighted by Crippen LogP contribution is -2.14. The number of carbonyl (C=O) groups is 1. The number of allylic oxidation sites excluding steroid dienone is 1. The van der Waals surface area contributed by atoms with Crippen LogP contribution in [0.5, 0.6) is 0 Å². The van der Waals surface area contributed by atoms with E-state index in [1.807, 2.05) is 10.6 Å². The Balaban J connectivity index is 1.46. The summed E-state index contributed by atoms with van der Waals surface area (Å²) in [7, 11) is 0. The van der Waals surface area contributed by atoms with E-state index >= 15 is 0 Å². The predicted molar refractivity (Wildman–Crippen MR) is 113 cm³/mol. The Morgan fingerprint density at radius 3 is 3.07 bits per heavy atom. The number of nitriles is 1. The molecule has 4 rings (SSSR count). The number of fused-ring (bicyclic) bond motifs is 1. The molecule has 3 heterocycles.